The van der Waals surface area contributed by atoms with Crippen molar-refractivity contribution in [2.45, 2.75) is 31.3 Å². The standard InChI is InChI=1S/C19H21F3N2O4S/c1-13-7-8-14(2)17(11-13)29(26,27)23-10-9-18(25)24-15-5-3-4-6-16(15)28-12-19(20,21)22/h3-8,11,23H,9-10,12H2,1-2H3,(H,24,25). The van der Waals surface area contributed by atoms with Crippen LogP contribution in [0.4, 0.5) is 18.9 Å². The van der Waals surface area contributed by atoms with Crippen LogP contribution in [0.15, 0.2) is 47.4 Å². The number of aryl methyl sites for hydroxylation is 2. The van der Waals surface area contributed by atoms with E-state index < -0.39 is 28.7 Å². The van der Waals surface area contributed by atoms with E-state index in [0.717, 1.165) is 5.56 Å². The van der Waals surface area contributed by atoms with Crippen LogP contribution in [0.25, 0.3) is 0 Å². The number of anilines is 1. The van der Waals surface area contributed by atoms with Crippen LogP contribution in [0.3, 0.4) is 0 Å². The molecule has 0 spiro atoms. The third-order valence-corrected chi connectivity index (χ3v) is 5.43. The number of carbonyl (C=O) groups excluding carboxylic acids is 1. The van der Waals surface area contributed by atoms with Crippen molar-refractivity contribution >= 4 is 21.6 Å². The molecule has 0 bridgehead atoms. The van der Waals surface area contributed by atoms with Crippen LogP contribution >= 0.6 is 0 Å². The average molecular weight is 430 g/mol. The van der Waals surface area contributed by atoms with Crippen molar-refractivity contribution in [1.29, 1.82) is 0 Å². The summed E-state index contributed by atoms with van der Waals surface area (Å²) in [5.74, 6) is -0.703. The topological polar surface area (TPSA) is 84.5 Å². The molecule has 2 aromatic rings. The fourth-order valence-corrected chi connectivity index (χ4v) is 3.80. The molecule has 0 aromatic heterocycles. The van der Waals surface area contributed by atoms with E-state index in [0.29, 0.717) is 5.56 Å². The Morgan fingerprint density at radius 3 is 2.48 bits per heavy atom. The number of hydrogen-bond donors (Lipinski definition) is 2. The summed E-state index contributed by atoms with van der Waals surface area (Å²) in [6.45, 7) is 1.77. The Kier molecular flexibility index (Phi) is 7.26. The first-order chi connectivity index (χ1) is 13.5. The molecule has 2 N–H and O–H groups in total. The van der Waals surface area contributed by atoms with Gasteiger partial charge in [0.1, 0.15) is 5.75 Å². The monoisotopic (exact) mass is 430 g/mol. The van der Waals surface area contributed by atoms with Gasteiger partial charge in [0, 0.05) is 13.0 Å². The Balaban J connectivity index is 1.95. The summed E-state index contributed by atoms with van der Waals surface area (Å²) in [7, 11) is -3.79. The number of alkyl halides is 3. The quantitative estimate of drug-likeness (QED) is 0.671. The summed E-state index contributed by atoms with van der Waals surface area (Å²) in [6, 6.07) is 10.7. The maximum absolute atomic E-state index is 12.4. The molecule has 29 heavy (non-hydrogen) atoms. The molecule has 0 atom stereocenters. The Morgan fingerprint density at radius 2 is 1.79 bits per heavy atom. The van der Waals surface area contributed by atoms with E-state index in [1.165, 1.54) is 30.3 Å². The number of sulfonamides is 1. The number of hydrogen-bond acceptors (Lipinski definition) is 4. The Morgan fingerprint density at radius 1 is 1.10 bits per heavy atom. The number of para-hydroxylation sites is 2. The Bertz CT molecular complexity index is 976. The van der Waals surface area contributed by atoms with Crippen LogP contribution in [0.2, 0.25) is 0 Å². The summed E-state index contributed by atoms with van der Waals surface area (Å²) in [6.07, 6.45) is -4.72. The van der Waals surface area contributed by atoms with Gasteiger partial charge in [-0.15, -0.1) is 0 Å². The van der Waals surface area contributed by atoms with Gasteiger partial charge in [0.05, 0.1) is 10.6 Å². The molecule has 158 valence electrons. The Labute approximate surface area is 167 Å². The summed E-state index contributed by atoms with van der Waals surface area (Å²) >= 11 is 0. The Hall–Kier alpha value is -2.59. The first kappa shape index (κ1) is 22.7. The predicted molar refractivity (Wildman–Crippen MR) is 102 cm³/mol. The lowest BCUT2D eigenvalue weighted by atomic mass is 10.2. The van der Waals surface area contributed by atoms with E-state index >= 15 is 0 Å². The molecule has 0 radical (unpaired) electrons. The molecular weight excluding hydrogens is 409 g/mol. The van der Waals surface area contributed by atoms with Gasteiger partial charge in [0.15, 0.2) is 6.61 Å². The molecule has 0 saturated carbocycles. The summed E-state index contributed by atoms with van der Waals surface area (Å²) in [5, 5.41) is 2.43. The molecule has 1 amide bonds. The third-order valence-electron chi connectivity index (χ3n) is 3.83. The van der Waals surface area contributed by atoms with E-state index in [9.17, 15) is 26.4 Å². The van der Waals surface area contributed by atoms with Crippen LogP contribution in [-0.2, 0) is 14.8 Å². The van der Waals surface area contributed by atoms with Gasteiger partial charge in [-0.25, -0.2) is 13.1 Å². The van der Waals surface area contributed by atoms with Crippen LogP contribution in [0.1, 0.15) is 17.5 Å². The molecule has 10 heteroatoms. The predicted octanol–water partition coefficient (Wildman–Crippen LogP) is 3.55. The van der Waals surface area contributed by atoms with Crippen molar-refractivity contribution in [3.8, 4) is 5.75 Å². The second-order valence-electron chi connectivity index (χ2n) is 6.36. The highest BCUT2D eigenvalue weighted by molar-refractivity contribution is 7.89. The first-order valence-corrected chi connectivity index (χ1v) is 10.1. The largest absolute Gasteiger partial charge is 0.482 e. The number of halogens is 3. The molecule has 2 aromatic carbocycles. The lowest BCUT2D eigenvalue weighted by molar-refractivity contribution is -0.153. The smallest absolute Gasteiger partial charge is 0.422 e. The molecule has 0 unspecified atom stereocenters. The molecule has 0 aliphatic rings. The van der Waals surface area contributed by atoms with Crippen LogP contribution in [0, 0.1) is 13.8 Å². The lowest BCUT2D eigenvalue weighted by Crippen LogP contribution is -2.28. The number of nitrogens with one attached hydrogen (secondary N) is 2. The first-order valence-electron chi connectivity index (χ1n) is 8.63. The normalized spacial score (nSPS) is 11.9. The fraction of sp³-hybridized carbons (Fsp3) is 0.316. The summed E-state index contributed by atoms with van der Waals surface area (Å²) in [5.41, 5.74) is 1.42. The molecular formula is C19H21F3N2O4S. The van der Waals surface area contributed by atoms with Crippen molar-refractivity contribution in [2.24, 2.45) is 0 Å². The number of amides is 1. The van der Waals surface area contributed by atoms with Crippen molar-refractivity contribution in [3.05, 3.63) is 53.6 Å². The van der Waals surface area contributed by atoms with Gasteiger partial charge in [-0.05, 0) is 43.2 Å². The van der Waals surface area contributed by atoms with Gasteiger partial charge in [0.2, 0.25) is 15.9 Å². The van der Waals surface area contributed by atoms with Gasteiger partial charge in [0.25, 0.3) is 0 Å². The maximum atomic E-state index is 12.4. The molecule has 0 saturated heterocycles. The minimum Gasteiger partial charge on any atom is -0.482 e. The minimum absolute atomic E-state index is 0.0686. The van der Waals surface area contributed by atoms with Crippen LogP contribution < -0.4 is 14.8 Å². The highest BCUT2D eigenvalue weighted by atomic mass is 32.2. The number of rotatable bonds is 8. The lowest BCUT2D eigenvalue weighted by Gasteiger charge is -2.14. The third kappa shape index (κ3) is 7.06. The summed E-state index contributed by atoms with van der Waals surface area (Å²) in [4.78, 5) is 12.2. The van der Waals surface area contributed by atoms with Gasteiger partial charge in [-0.2, -0.15) is 13.2 Å². The van der Waals surface area contributed by atoms with E-state index in [-0.39, 0.29) is 29.3 Å². The fourth-order valence-electron chi connectivity index (χ4n) is 2.44. The number of carbonyl (C=O) groups is 1. The van der Waals surface area contributed by atoms with E-state index in [4.69, 9.17) is 4.74 Å². The zero-order chi connectivity index (χ0) is 21.7. The number of ether oxygens (including phenoxy) is 1. The second kappa shape index (κ2) is 9.27. The summed E-state index contributed by atoms with van der Waals surface area (Å²) < 4.78 is 68.8. The minimum atomic E-state index is -4.51. The van der Waals surface area contributed by atoms with Gasteiger partial charge in [-0.3, -0.25) is 4.79 Å². The highest BCUT2D eigenvalue weighted by Crippen LogP contribution is 2.26. The van der Waals surface area contributed by atoms with E-state index in [2.05, 4.69) is 10.0 Å². The van der Waals surface area contributed by atoms with Gasteiger partial charge >= 0.3 is 6.18 Å². The average Bonchev–Trinajstić information content (AvgIpc) is 2.62. The zero-order valence-electron chi connectivity index (χ0n) is 15.8. The highest BCUT2D eigenvalue weighted by Gasteiger charge is 2.29. The van der Waals surface area contributed by atoms with E-state index in [1.54, 1.807) is 26.0 Å². The molecule has 0 heterocycles. The van der Waals surface area contributed by atoms with Crippen molar-refractivity contribution in [2.75, 3.05) is 18.5 Å². The molecule has 0 fully saturated rings. The molecule has 0 aliphatic carbocycles. The van der Waals surface area contributed by atoms with Crippen LogP contribution in [0.5, 0.6) is 5.75 Å². The number of benzene rings is 2. The van der Waals surface area contributed by atoms with Crippen molar-refractivity contribution < 1.29 is 31.1 Å². The molecule has 2 rings (SSSR count). The van der Waals surface area contributed by atoms with Crippen molar-refractivity contribution in [3.63, 3.8) is 0 Å². The van der Waals surface area contributed by atoms with Crippen molar-refractivity contribution in [1.82, 2.24) is 4.72 Å². The van der Waals surface area contributed by atoms with Gasteiger partial charge < -0.3 is 10.1 Å². The molecule has 0 aliphatic heterocycles. The maximum Gasteiger partial charge on any atom is 0.422 e. The van der Waals surface area contributed by atoms with Crippen LogP contribution in [-0.4, -0.2) is 33.7 Å². The SMILES string of the molecule is Cc1ccc(C)c(S(=O)(=O)NCCC(=O)Nc2ccccc2OCC(F)(F)F)c1. The van der Waals surface area contributed by atoms with E-state index in [1.807, 2.05) is 0 Å². The van der Waals surface area contributed by atoms with Gasteiger partial charge in [-0.1, -0.05) is 24.3 Å². The zero-order valence-corrected chi connectivity index (χ0v) is 16.7. The second-order valence-corrected chi connectivity index (χ2v) is 8.10. The molecule has 6 nitrogen and oxygen atoms in total.